The molecule has 9 nitrogen and oxygen atoms in total. The molecular weight excluding hydrogens is 568 g/mol. The van der Waals surface area contributed by atoms with Gasteiger partial charge in [-0.3, -0.25) is 14.4 Å². The van der Waals surface area contributed by atoms with E-state index in [0.717, 1.165) is 31.2 Å². The summed E-state index contributed by atoms with van der Waals surface area (Å²) in [6.45, 7) is 6.88. The third-order valence-corrected chi connectivity index (χ3v) is 8.70. The molecule has 45 heavy (non-hydrogen) atoms. The van der Waals surface area contributed by atoms with Gasteiger partial charge in [0.25, 0.3) is 0 Å². The van der Waals surface area contributed by atoms with Gasteiger partial charge in [0, 0.05) is 33.0 Å². The number of benzene rings is 1. The number of amides is 3. The van der Waals surface area contributed by atoms with Crippen LogP contribution in [0.1, 0.15) is 84.1 Å². The van der Waals surface area contributed by atoms with Crippen LogP contribution in [0.3, 0.4) is 0 Å². The molecule has 0 unspecified atom stereocenters. The van der Waals surface area contributed by atoms with Gasteiger partial charge in [0.15, 0.2) is 0 Å². The van der Waals surface area contributed by atoms with Crippen molar-refractivity contribution in [2.24, 2.45) is 17.8 Å². The number of carbonyl (C=O) groups excluding carboxylic acids is 3. The van der Waals surface area contributed by atoms with E-state index in [1.807, 2.05) is 63.2 Å². The van der Waals surface area contributed by atoms with Gasteiger partial charge >= 0.3 is 0 Å². The Labute approximate surface area is 271 Å². The maximum absolute atomic E-state index is 13.8. The van der Waals surface area contributed by atoms with Gasteiger partial charge in [-0.15, -0.1) is 11.8 Å². The van der Waals surface area contributed by atoms with Crippen molar-refractivity contribution in [3.63, 3.8) is 0 Å². The fraction of sp³-hybridized carbons (Fsp3) is 0.694. The molecule has 0 heterocycles. The van der Waals surface area contributed by atoms with Crippen molar-refractivity contribution in [3.05, 3.63) is 35.9 Å². The van der Waals surface area contributed by atoms with E-state index in [2.05, 4.69) is 22.5 Å². The van der Waals surface area contributed by atoms with Crippen LogP contribution in [0, 0.1) is 29.6 Å². The Kier molecular flexibility index (Phi) is 17.2. The lowest BCUT2D eigenvalue weighted by molar-refractivity contribution is -0.137. The fourth-order valence-electron chi connectivity index (χ4n) is 5.94. The van der Waals surface area contributed by atoms with Gasteiger partial charge in [-0.1, -0.05) is 76.3 Å². The number of likely N-dealkylation sites (N-methyl/N-ethyl adjacent to an activating group) is 2. The lowest BCUT2D eigenvalue weighted by Gasteiger charge is -2.33. The van der Waals surface area contributed by atoms with E-state index in [-0.39, 0.29) is 24.7 Å². The minimum Gasteiger partial charge on any atom is -0.390 e. The van der Waals surface area contributed by atoms with Crippen molar-refractivity contribution in [1.82, 2.24) is 20.4 Å². The number of carbonyl (C=O) groups is 3. The molecule has 1 aliphatic rings. The summed E-state index contributed by atoms with van der Waals surface area (Å²) in [5.74, 6) is 4.59. The van der Waals surface area contributed by atoms with Crippen molar-refractivity contribution in [3.8, 4) is 11.8 Å². The first-order chi connectivity index (χ1) is 21.4. The average molecular weight is 627 g/mol. The highest BCUT2D eigenvalue weighted by molar-refractivity contribution is 5.91. The van der Waals surface area contributed by atoms with Gasteiger partial charge in [-0.05, 0) is 57.7 Å². The van der Waals surface area contributed by atoms with Crippen LogP contribution in [0.4, 0.5) is 0 Å². The summed E-state index contributed by atoms with van der Waals surface area (Å²) < 4.78 is 0. The molecule has 1 aromatic rings. The molecule has 0 spiro atoms. The Hall–Kier alpha value is -2.93. The summed E-state index contributed by atoms with van der Waals surface area (Å²) in [5.41, 5.74) is 0.922. The van der Waals surface area contributed by atoms with Crippen molar-refractivity contribution < 1.29 is 24.6 Å². The number of nitrogens with one attached hydrogen (secondary N) is 2. The summed E-state index contributed by atoms with van der Waals surface area (Å²) in [7, 11) is 5.62. The third kappa shape index (κ3) is 14.4. The lowest BCUT2D eigenvalue weighted by atomic mass is 9.82. The molecule has 0 saturated heterocycles. The maximum Gasteiger partial charge on any atom is 0.243 e. The highest BCUT2D eigenvalue weighted by atomic mass is 16.3. The van der Waals surface area contributed by atoms with Crippen LogP contribution in [0.2, 0.25) is 0 Å². The van der Waals surface area contributed by atoms with Gasteiger partial charge in [0.1, 0.15) is 12.1 Å². The second kappa shape index (κ2) is 20.2. The predicted octanol–water partition coefficient (Wildman–Crippen LogP) is 3.38. The number of aliphatic hydroxyl groups excluding tert-OH is 2. The second-order valence-electron chi connectivity index (χ2n) is 13.4. The topological polar surface area (TPSA) is 122 Å². The molecule has 5 atom stereocenters. The normalized spacial score (nSPS) is 17.0. The minimum absolute atomic E-state index is 0.00284. The van der Waals surface area contributed by atoms with E-state index < -0.39 is 42.0 Å². The first kappa shape index (κ1) is 38.3. The molecule has 3 amide bonds. The van der Waals surface area contributed by atoms with Gasteiger partial charge < -0.3 is 30.6 Å². The zero-order valence-corrected chi connectivity index (χ0v) is 28.4. The van der Waals surface area contributed by atoms with Crippen LogP contribution >= 0.6 is 0 Å². The largest absolute Gasteiger partial charge is 0.390 e. The SMILES string of the molecule is CC#CC[C@H](NC(=O)[C@@H](CC(=O)N(C)CCN(C)C)Cc1ccccc1)C(=O)N[C@@H](CC1CCCCC1)[C@@H](O)[C@@H](O)CC(C)C. The predicted molar refractivity (Wildman–Crippen MR) is 179 cm³/mol. The van der Waals surface area contributed by atoms with Gasteiger partial charge in [-0.25, -0.2) is 0 Å². The number of nitrogens with zero attached hydrogens (tertiary/aromatic N) is 2. The van der Waals surface area contributed by atoms with E-state index in [0.29, 0.717) is 38.3 Å². The minimum atomic E-state index is -1.13. The van der Waals surface area contributed by atoms with Gasteiger partial charge in [-0.2, -0.15) is 0 Å². The van der Waals surface area contributed by atoms with E-state index in [1.165, 1.54) is 6.42 Å². The number of hydrogen-bond acceptors (Lipinski definition) is 6. The molecular formula is C36H58N4O5. The monoisotopic (exact) mass is 626 g/mol. The Morgan fingerprint density at radius 3 is 2.22 bits per heavy atom. The average Bonchev–Trinajstić information content (AvgIpc) is 3.01. The van der Waals surface area contributed by atoms with Crippen LogP contribution in [0.5, 0.6) is 0 Å². The molecule has 1 fully saturated rings. The van der Waals surface area contributed by atoms with Gasteiger partial charge in [0.05, 0.1) is 18.1 Å². The van der Waals surface area contributed by atoms with Crippen LogP contribution in [-0.4, -0.2) is 96.3 Å². The van der Waals surface area contributed by atoms with E-state index in [1.54, 1.807) is 18.9 Å². The zero-order valence-electron chi connectivity index (χ0n) is 28.4. The summed E-state index contributed by atoms with van der Waals surface area (Å²) in [6.07, 6.45) is 4.78. The Balaban J connectivity index is 2.25. The molecule has 0 radical (unpaired) electrons. The zero-order chi connectivity index (χ0) is 33.4. The summed E-state index contributed by atoms with van der Waals surface area (Å²) in [4.78, 5) is 44.4. The highest BCUT2D eigenvalue weighted by Crippen LogP contribution is 2.29. The molecule has 1 saturated carbocycles. The first-order valence-corrected chi connectivity index (χ1v) is 16.7. The Bertz CT molecular complexity index is 1090. The molecule has 0 bridgehead atoms. The molecule has 4 N–H and O–H groups in total. The van der Waals surface area contributed by atoms with Crippen LogP contribution in [-0.2, 0) is 20.8 Å². The van der Waals surface area contributed by atoms with Crippen molar-refractivity contribution in [2.75, 3.05) is 34.2 Å². The summed E-state index contributed by atoms with van der Waals surface area (Å²) in [5, 5.41) is 27.9. The maximum atomic E-state index is 13.8. The molecule has 1 aliphatic carbocycles. The smallest absolute Gasteiger partial charge is 0.243 e. The second-order valence-corrected chi connectivity index (χ2v) is 13.4. The highest BCUT2D eigenvalue weighted by Gasteiger charge is 2.34. The third-order valence-electron chi connectivity index (χ3n) is 8.70. The molecule has 9 heteroatoms. The van der Waals surface area contributed by atoms with E-state index >= 15 is 0 Å². The van der Waals surface area contributed by atoms with Gasteiger partial charge in [0.2, 0.25) is 17.7 Å². The van der Waals surface area contributed by atoms with Crippen molar-refractivity contribution in [1.29, 1.82) is 0 Å². The Morgan fingerprint density at radius 1 is 0.956 bits per heavy atom. The summed E-state index contributed by atoms with van der Waals surface area (Å²) >= 11 is 0. The van der Waals surface area contributed by atoms with Crippen LogP contribution in [0.25, 0.3) is 0 Å². The number of aliphatic hydroxyl groups is 2. The molecule has 0 aromatic heterocycles. The standard InChI is InChI=1S/C36H58N4O5/c1-7-8-19-30(36(45)38-31(24-28-17-13-10-14-18-28)34(43)32(41)22-26(2)3)37-35(44)29(23-27-15-11-9-12-16-27)25-33(42)40(6)21-20-39(4)5/h9,11-12,15-16,26,28-32,34,41,43H,10,13-14,17-25H2,1-6H3,(H,37,44)(H,38,45)/t29-,30+,31+,32+,34-/m1/s1. The number of hydrogen-bond donors (Lipinski definition) is 4. The summed E-state index contributed by atoms with van der Waals surface area (Å²) in [6, 6.07) is 7.91. The van der Waals surface area contributed by atoms with Crippen LogP contribution < -0.4 is 10.6 Å². The lowest BCUT2D eigenvalue weighted by Crippen LogP contribution is -2.56. The van der Waals surface area contributed by atoms with Crippen molar-refractivity contribution >= 4 is 17.7 Å². The first-order valence-electron chi connectivity index (χ1n) is 16.7. The van der Waals surface area contributed by atoms with Crippen molar-refractivity contribution in [2.45, 2.75) is 109 Å². The number of rotatable bonds is 18. The van der Waals surface area contributed by atoms with E-state index in [4.69, 9.17) is 0 Å². The quantitative estimate of drug-likeness (QED) is 0.186. The molecule has 1 aromatic carbocycles. The Morgan fingerprint density at radius 2 is 1.62 bits per heavy atom. The molecule has 0 aliphatic heterocycles. The molecule has 252 valence electrons. The molecule has 2 rings (SSSR count). The fourth-order valence-corrected chi connectivity index (χ4v) is 5.94. The van der Waals surface area contributed by atoms with Crippen LogP contribution in [0.15, 0.2) is 30.3 Å². The van der Waals surface area contributed by atoms with E-state index in [9.17, 15) is 24.6 Å².